The standard InChI is InChI=1S/C27H25N3O6S/c1-17-9-11-18(12-10-17)13-20-14-21-22(28-15-20)25(36-16-19-7-5-4-6-8-19)24(27(32)35-2)29-23(21)26(31)30-37(3,33)34/h4-12,14-15H,13,16H2,1-3H3,(H,30,31). The quantitative estimate of drug-likeness (QED) is 0.350. The lowest BCUT2D eigenvalue weighted by Gasteiger charge is -2.15. The zero-order valence-electron chi connectivity index (χ0n) is 20.5. The summed E-state index contributed by atoms with van der Waals surface area (Å²) in [5.41, 5.74) is 3.34. The van der Waals surface area contributed by atoms with Gasteiger partial charge < -0.3 is 9.47 Å². The molecule has 190 valence electrons. The molecule has 0 radical (unpaired) electrons. The normalized spacial score (nSPS) is 11.2. The van der Waals surface area contributed by atoms with Gasteiger partial charge in [0.2, 0.25) is 10.0 Å². The summed E-state index contributed by atoms with van der Waals surface area (Å²) >= 11 is 0. The van der Waals surface area contributed by atoms with Gasteiger partial charge in [0.15, 0.2) is 11.4 Å². The van der Waals surface area contributed by atoms with Gasteiger partial charge in [-0.3, -0.25) is 9.78 Å². The van der Waals surface area contributed by atoms with Gasteiger partial charge in [-0.15, -0.1) is 0 Å². The predicted octanol–water partition coefficient (Wildman–Crippen LogP) is 3.58. The van der Waals surface area contributed by atoms with Crippen LogP contribution in [0.1, 0.15) is 43.2 Å². The first-order chi connectivity index (χ1) is 17.6. The minimum absolute atomic E-state index is 0.0310. The number of carbonyl (C=O) groups excluding carboxylic acids is 2. The van der Waals surface area contributed by atoms with Crippen LogP contribution in [0.2, 0.25) is 0 Å². The van der Waals surface area contributed by atoms with Gasteiger partial charge in [-0.1, -0.05) is 60.2 Å². The number of nitrogens with one attached hydrogen (secondary N) is 1. The lowest BCUT2D eigenvalue weighted by Crippen LogP contribution is -2.31. The first-order valence-electron chi connectivity index (χ1n) is 11.3. The Hall–Kier alpha value is -4.31. The van der Waals surface area contributed by atoms with E-state index in [1.165, 1.54) is 7.11 Å². The largest absolute Gasteiger partial charge is 0.484 e. The van der Waals surface area contributed by atoms with Gasteiger partial charge >= 0.3 is 5.97 Å². The van der Waals surface area contributed by atoms with E-state index in [4.69, 9.17) is 9.47 Å². The number of pyridine rings is 2. The number of hydrogen-bond donors (Lipinski definition) is 1. The van der Waals surface area contributed by atoms with Gasteiger partial charge in [-0.05, 0) is 36.1 Å². The second-order valence-electron chi connectivity index (χ2n) is 8.51. The van der Waals surface area contributed by atoms with Crippen LogP contribution in [-0.2, 0) is 27.8 Å². The van der Waals surface area contributed by atoms with Crippen molar-refractivity contribution in [3.63, 3.8) is 0 Å². The molecule has 4 rings (SSSR count). The monoisotopic (exact) mass is 519 g/mol. The summed E-state index contributed by atoms with van der Waals surface area (Å²) in [4.78, 5) is 34.3. The van der Waals surface area contributed by atoms with Crippen LogP contribution in [0.4, 0.5) is 0 Å². The van der Waals surface area contributed by atoms with Crippen molar-refractivity contribution < 1.29 is 27.5 Å². The number of benzene rings is 2. The number of hydrogen-bond acceptors (Lipinski definition) is 8. The van der Waals surface area contributed by atoms with E-state index in [1.807, 2.05) is 66.2 Å². The van der Waals surface area contributed by atoms with E-state index in [0.29, 0.717) is 6.42 Å². The minimum Gasteiger partial charge on any atom is -0.484 e. The molecule has 0 fully saturated rings. The fourth-order valence-electron chi connectivity index (χ4n) is 3.73. The maximum Gasteiger partial charge on any atom is 0.360 e. The maximum atomic E-state index is 13.0. The summed E-state index contributed by atoms with van der Waals surface area (Å²) in [6.07, 6.45) is 2.99. The first kappa shape index (κ1) is 25.8. The van der Waals surface area contributed by atoms with Crippen LogP contribution in [-0.4, -0.2) is 43.6 Å². The molecule has 37 heavy (non-hydrogen) atoms. The zero-order valence-corrected chi connectivity index (χ0v) is 21.3. The third-order valence-corrected chi connectivity index (χ3v) is 6.04. The van der Waals surface area contributed by atoms with Gasteiger partial charge in [-0.2, -0.15) is 0 Å². The van der Waals surface area contributed by atoms with E-state index in [1.54, 1.807) is 12.3 Å². The minimum atomic E-state index is -3.91. The van der Waals surface area contributed by atoms with E-state index in [-0.39, 0.29) is 34.6 Å². The van der Waals surface area contributed by atoms with Crippen molar-refractivity contribution in [2.45, 2.75) is 20.0 Å². The molecule has 0 atom stereocenters. The van der Waals surface area contributed by atoms with E-state index < -0.39 is 21.9 Å². The number of methoxy groups -OCH3 is 1. The van der Waals surface area contributed by atoms with E-state index in [0.717, 1.165) is 28.5 Å². The Morgan fingerprint density at radius 3 is 2.30 bits per heavy atom. The molecule has 2 aromatic carbocycles. The number of ether oxygens (including phenoxy) is 2. The van der Waals surface area contributed by atoms with Crippen molar-refractivity contribution in [1.29, 1.82) is 0 Å². The molecule has 0 aliphatic heterocycles. The van der Waals surface area contributed by atoms with Crippen LogP contribution in [0, 0.1) is 6.92 Å². The lowest BCUT2D eigenvalue weighted by atomic mass is 10.0. The highest BCUT2D eigenvalue weighted by molar-refractivity contribution is 7.89. The van der Waals surface area contributed by atoms with Crippen LogP contribution in [0.15, 0.2) is 66.9 Å². The topological polar surface area (TPSA) is 125 Å². The molecule has 2 aromatic heterocycles. The van der Waals surface area contributed by atoms with Gasteiger partial charge in [0.05, 0.1) is 13.4 Å². The van der Waals surface area contributed by atoms with Crippen molar-refractivity contribution in [3.05, 3.63) is 101 Å². The maximum absolute atomic E-state index is 13.0. The van der Waals surface area contributed by atoms with Crippen LogP contribution >= 0.6 is 0 Å². The first-order valence-corrected chi connectivity index (χ1v) is 13.2. The molecule has 0 saturated heterocycles. The predicted molar refractivity (Wildman–Crippen MR) is 138 cm³/mol. The van der Waals surface area contributed by atoms with Crippen LogP contribution < -0.4 is 9.46 Å². The highest BCUT2D eigenvalue weighted by Crippen LogP contribution is 2.32. The Morgan fingerprint density at radius 1 is 0.946 bits per heavy atom. The third kappa shape index (κ3) is 6.28. The molecule has 1 amide bonds. The molecule has 2 heterocycles. The summed E-state index contributed by atoms with van der Waals surface area (Å²) < 4.78 is 36.4. The van der Waals surface area contributed by atoms with Crippen LogP contribution in [0.25, 0.3) is 10.9 Å². The van der Waals surface area contributed by atoms with Crippen molar-refractivity contribution in [3.8, 4) is 5.75 Å². The summed E-state index contributed by atoms with van der Waals surface area (Å²) in [7, 11) is -2.74. The molecule has 9 nitrogen and oxygen atoms in total. The number of aryl methyl sites for hydroxylation is 1. The molecule has 1 N–H and O–H groups in total. The number of aromatic nitrogens is 2. The summed E-state index contributed by atoms with van der Waals surface area (Å²) in [6, 6.07) is 18.9. The average Bonchev–Trinajstić information content (AvgIpc) is 2.87. The second-order valence-corrected chi connectivity index (χ2v) is 10.3. The molecule has 10 heteroatoms. The fourth-order valence-corrected chi connectivity index (χ4v) is 4.17. The van der Waals surface area contributed by atoms with Crippen LogP contribution in [0.3, 0.4) is 0 Å². The molecule has 0 unspecified atom stereocenters. The SMILES string of the molecule is COC(=O)c1nc(C(=O)NS(C)(=O)=O)c2cc(Cc3ccc(C)cc3)cnc2c1OCc1ccccc1. The van der Waals surface area contributed by atoms with E-state index in [9.17, 15) is 18.0 Å². The molecular formula is C27H25N3O6S. The highest BCUT2D eigenvalue weighted by Gasteiger charge is 2.27. The van der Waals surface area contributed by atoms with Crippen molar-refractivity contribution in [2.24, 2.45) is 0 Å². The number of esters is 1. The molecule has 0 aliphatic carbocycles. The van der Waals surface area contributed by atoms with Crippen molar-refractivity contribution in [1.82, 2.24) is 14.7 Å². The summed E-state index contributed by atoms with van der Waals surface area (Å²) in [6.45, 7) is 2.10. The lowest BCUT2D eigenvalue weighted by molar-refractivity contribution is 0.0588. The average molecular weight is 520 g/mol. The van der Waals surface area contributed by atoms with E-state index >= 15 is 0 Å². The molecule has 0 aliphatic rings. The fraction of sp³-hybridized carbons (Fsp3) is 0.185. The summed E-state index contributed by atoms with van der Waals surface area (Å²) in [5.74, 6) is -1.83. The third-order valence-electron chi connectivity index (χ3n) is 5.48. The molecule has 4 aromatic rings. The van der Waals surface area contributed by atoms with Gasteiger partial charge in [0, 0.05) is 11.6 Å². The van der Waals surface area contributed by atoms with Crippen molar-refractivity contribution >= 4 is 32.8 Å². The van der Waals surface area contributed by atoms with Gasteiger partial charge in [0.1, 0.15) is 17.8 Å². The molecule has 0 spiro atoms. The Labute approximate surface area is 214 Å². The molecule has 0 saturated carbocycles. The van der Waals surface area contributed by atoms with Gasteiger partial charge in [0.25, 0.3) is 5.91 Å². The van der Waals surface area contributed by atoms with Crippen molar-refractivity contribution in [2.75, 3.05) is 13.4 Å². The Morgan fingerprint density at radius 2 is 1.65 bits per heavy atom. The Bertz CT molecular complexity index is 1570. The number of fused-ring (bicyclic) bond motifs is 1. The summed E-state index contributed by atoms with van der Waals surface area (Å²) in [5, 5.41) is 0.237. The molecular weight excluding hydrogens is 494 g/mol. The number of carbonyl (C=O) groups is 2. The van der Waals surface area contributed by atoms with Gasteiger partial charge in [-0.25, -0.2) is 22.9 Å². The molecule has 0 bridgehead atoms. The number of sulfonamides is 1. The highest BCUT2D eigenvalue weighted by atomic mass is 32.2. The Balaban J connectivity index is 1.87. The second kappa shape index (κ2) is 10.8. The number of amides is 1. The van der Waals surface area contributed by atoms with E-state index in [2.05, 4.69) is 9.97 Å². The zero-order chi connectivity index (χ0) is 26.6. The smallest absolute Gasteiger partial charge is 0.360 e. The van der Waals surface area contributed by atoms with Crippen LogP contribution in [0.5, 0.6) is 5.75 Å². The Kier molecular flexibility index (Phi) is 7.49. The number of nitrogens with zero attached hydrogens (tertiary/aromatic N) is 2. The number of rotatable bonds is 8.